The van der Waals surface area contributed by atoms with Gasteiger partial charge in [0.15, 0.2) is 0 Å². The molecule has 0 amide bonds. The summed E-state index contributed by atoms with van der Waals surface area (Å²) in [6.07, 6.45) is 5.87. The van der Waals surface area contributed by atoms with E-state index in [2.05, 4.69) is 49.6 Å². The minimum atomic E-state index is 0.406. The first-order valence-corrected chi connectivity index (χ1v) is 10.3. The Hall–Kier alpha value is -2.02. The molecule has 27 heavy (non-hydrogen) atoms. The van der Waals surface area contributed by atoms with E-state index < -0.39 is 0 Å². The fourth-order valence-electron chi connectivity index (χ4n) is 4.36. The second kappa shape index (κ2) is 7.92. The van der Waals surface area contributed by atoms with Gasteiger partial charge < -0.3 is 9.47 Å². The SMILES string of the molecule is CCc1cc(N2CCCC(c3nnc(CN4CCCC4)n3C)C2)nc(C)n1. The van der Waals surface area contributed by atoms with E-state index in [0.29, 0.717) is 5.92 Å². The molecule has 0 N–H and O–H groups in total. The van der Waals surface area contributed by atoms with Gasteiger partial charge in [-0.2, -0.15) is 0 Å². The van der Waals surface area contributed by atoms with Crippen LogP contribution in [0.4, 0.5) is 5.82 Å². The van der Waals surface area contributed by atoms with Crippen molar-refractivity contribution in [2.75, 3.05) is 31.1 Å². The van der Waals surface area contributed by atoms with Crippen LogP contribution in [0.15, 0.2) is 6.07 Å². The van der Waals surface area contributed by atoms with Crippen molar-refractivity contribution in [2.24, 2.45) is 7.05 Å². The molecule has 0 aromatic carbocycles. The lowest BCUT2D eigenvalue weighted by molar-refractivity contribution is 0.317. The standard InChI is InChI=1S/C20H31N7/c1-4-17-12-18(22-15(2)21-17)27-11-7-8-16(13-27)20-24-23-19(25(20)3)14-26-9-5-6-10-26/h12,16H,4-11,13-14H2,1-3H3. The number of rotatable bonds is 5. The molecular weight excluding hydrogens is 338 g/mol. The summed E-state index contributed by atoms with van der Waals surface area (Å²) in [4.78, 5) is 14.1. The number of anilines is 1. The predicted molar refractivity (Wildman–Crippen MR) is 106 cm³/mol. The molecule has 0 bridgehead atoms. The van der Waals surface area contributed by atoms with Crippen molar-refractivity contribution in [3.8, 4) is 0 Å². The summed E-state index contributed by atoms with van der Waals surface area (Å²) in [5, 5.41) is 9.11. The fraction of sp³-hybridized carbons (Fsp3) is 0.700. The summed E-state index contributed by atoms with van der Waals surface area (Å²) in [5.41, 5.74) is 1.12. The average Bonchev–Trinajstić information content (AvgIpc) is 3.32. The quantitative estimate of drug-likeness (QED) is 0.807. The Morgan fingerprint density at radius 3 is 2.67 bits per heavy atom. The zero-order valence-corrected chi connectivity index (χ0v) is 16.9. The zero-order chi connectivity index (χ0) is 18.8. The molecule has 4 rings (SSSR count). The molecule has 2 fully saturated rings. The number of hydrogen-bond donors (Lipinski definition) is 0. The smallest absolute Gasteiger partial charge is 0.146 e. The molecule has 2 aliphatic rings. The highest BCUT2D eigenvalue weighted by atomic mass is 15.3. The molecule has 2 aromatic heterocycles. The minimum Gasteiger partial charge on any atom is -0.356 e. The van der Waals surface area contributed by atoms with E-state index in [-0.39, 0.29) is 0 Å². The molecule has 1 atom stereocenters. The van der Waals surface area contributed by atoms with E-state index in [4.69, 9.17) is 4.98 Å². The summed E-state index contributed by atoms with van der Waals surface area (Å²) < 4.78 is 2.23. The van der Waals surface area contributed by atoms with E-state index in [1.54, 1.807) is 0 Å². The molecular formula is C20H31N7. The van der Waals surface area contributed by atoms with E-state index in [1.807, 2.05) is 6.92 Å². The third-order valence-corrected chi connectivity index (χ3v) is 5.91. The van der Waals surface area contributed by atoms with Crippen LogP contribution in [-0.2, 0) is 20.0 Å². The van der Waals surface area contributed by atoms with Gasteiger partial charge in [-0.25, -0.2) is 9.97 Å². The Morgan fingerprint density at radius 2 is 1.89 bits per heavy atom. The summed E-state index contributed by atoms with van der Waals surface area (Å²) >= 11 is 0. The van der Waals surface area contributed by atoms with Gasteiger partial charge in [0.05, 0.1) is 6.54 Å². The first kappa shape index (κ1) is 18.3. The maximum atomic E-state index is 4.69. The first-order valence-electron chi connectivity index (χ1n) is 10.3. The van der Waals surface area contributed by atoms with Crippen LogP contribution in [0.3, 0.4) is 0 Å². The summed E-state index contributed by atoms with van der Waals surface area (Å²) in [7, 11) is 2.13. The third kappa shape index (κ3) is 3.98. The lowest BCUT2D eigenvalue weighted by Crippen LogP contribution is -2.36. The van der Waals surface area contributed by atoms with Crippen LogP contribution in [0.1, 0.15) is 61.7 Å². The largest absolute Gasteiger partial charge is 0.356 e. The number of likely N-dealkylation sites (tertiary alicyclic amines) is 1. The van der Waals surface area contributed by atoms with Crippen LogP contribution in [0, 0.1) is 6.92 Å². The van der Waals surface area contributed by atoms with Crippen molar-refractivity contribution < 1.29 is 0 Å². The second-order valence-electron chi connectivity index (χ2n) is 7.92. The molecule has 1 unspecified atom stereocenters. The van der Waals surface area contributed by atoms with Gasteiger partial charge >= 0.3 is 0 Å². The lowest BCUT2D eigenvalue weighted by atomic mass is 9.97. The molecule has 0 radical (unpaired) electrons. The van der Waals surface area contributed by atoms with Crippen LogP contribution in [0.5, 0.6) is 0 Å². The average molecular weight is 370 g/mol. The van der Waals surface area contributed by atoms with Crippen LogP contribution in [-0.4, -0.2) is 55.8 Å². The van der Waals surface area contributed by atoms with Gasteiger partial charge in [-0.15, -0.1) is 10.2 Å². The summed E-state index contributed by atoms with van der Waals surface area (Å²) in [5.74, 6) is 4.54. The molecule has 7 nitrogen and oxygen atoms in total. The molecule has 2 aromatic rings. The Balaban J connectivity index is 1.50. The van der Waals surface area contributed by atoms with Gasteiger partial charge in [0.2, 0.25) is 0 Å². The van der Waals surface area contributed by atoms with Crippen molar-refractivity contribution in [1.82, 2.24) is 29.6 Å². The topological polar surface area (TPSA) is 63.0 Å². The van der Waals surface area contributed by atoms with Crippen molar-refractivity contribution in [3.63, 3.8) is 0 Å². The molecule has 146 valence electrons. The maximum absolute atomic E-state index is 4.69. The normalized spacial score (nSPS) is 21.1. The second-order valence-corrected chi connectivity index (χ2v) is 7.92. The number of aromatic nitrogens is 5. The maximum Gasteiger partial charge on any atom is 0.146 e. The van der Waals surface area contributed by atoms with Gasteiger partial charge in [-0.3, -0.25) is 4.90 Å². The minimum absolute atomic E-state index is 0.406. The van der Waals surface area contributed by atoms with Gasteiger partial charge in [0.1, 0.15) is 23.3 Å². The molecule has 0 aliphatic carbocycles. The number of nitrogens with zero attached hydrogens (tertiary/aromatic N) is 7. The Bertz CT molecular complexity index is 779. The number of piperidine rings is 1. The van der Waals surface area contributed by atoms with Crippen LogP contribution < -0.4 is 4.90 Å². The Labute approximate surface area is 161 Å². The lowest BCUT2D eigenvalue weighted by Gasteiger charge is -2.33. The van der Waals surface area contributed by atoms with E-state index in [9.17, 15) is 0 Å². The molecule has 2 saturated heterocycles. The fourth-order valence-corrected chi connectivity index (χ4v) is 4.36. The molecule has 4 heterocycles. The molecule has 7 heteroatoms. The monoisotopic (exact) mass is 369 g/mol. The van der Waals surface area contributed by atoms with E-state index in [1.165, 1.54) is 25.9 Å². The Morgan fingerprint density at radius 1 is 1.07 bits per heavy atom. The van der Waals surface area contributed by atoms with Crippen molar-refractivity contribution in [1.29, 1.82) is 0 Å². The van der Waals surface area contributed by atoms with Gasteiger partial charge in [0.25, 0.3) is 0 Å². The number of hydrogen-bond acceptors (Lipinski definition) is 6. The number of aryl methyl sites for hydroxylation is 2. The van der Waals surface area contributed by atoms with Crippen LogP contribution >= 0.6 is 0 Å². The van der Waals surface area contributed by atoms with E-state index >= 15 is 0 Å². The van der Waals surface area contributed by atoms with Gasteiger partial charge in [0, 0.05) is 37.8 Å². The molecule has 0 saturated carbocycles. The summed E-state index contributed by atoms with van der Waals surface area (Å²) in [6.45, 7) is 9.43. The Kier molecular flexibility index (Phi) is 5.38. The first-order chi connectivity index (χ1) is 13.1. The molecule has 0 spiro atoms. The predicted octanol–water partition coefficient (Wildman–Crippen LogP) is 2.46. The molecule has 2 aliphatic heterocycles. The van der Waals surface area contributed by atoms with E-state index in [0.717, 1.165) is 67.9 Å². The van der Waals surface area contributed by atoms with Gasteiger partial charge in [-0.05, 0) is 52.1 Å². The van der Waals surface area contributed by atoms with Gasteiger partial charge in [-0.1, -0.05) is 6.92 Å². The highest BCUT2D eigenvalue weighted by molar-refractivity contribution is 5.41. The highest BCUT2D eigenvalue weighted by Crippen LogP contribution is 2.29. The summed E-state index contributed by atoms with van der Waals surface area (Å²) in [6, 6.07) is 2.14. The van der Waals surface area contributed by atoms with Crippen LogP contribution in [0.25, 0.3) is 0 Å². The van der Waals surface area contributed by atoms with Crippen molar-refractivity contribution >= 4 is 5.82 Å². The zero-order valence-electron chi connectivity index (χ0n) is 16.9. The third-order valence-electron chi connectivity index (χ3n) is 5.91. The van der Waals surface area contributed by atoms with Crippen LogP contribution in [0.2, 0.25) is 0 Å². The highest BCUT2D eigenvalue weighted by Gasteiger charge is 2.27. The van der Waals surface area contributed by atoms with Crippen molar-refractivity contribution in [2.45, 2.75) is 58.4 Å². The van der Waals surface area contributed by atoms with Crippen molar-refractivity contribution in [3.05, 3.63) is 29.2 Å².